The summed E-state index contributed by atoms with van der Waals surface area (Å²) >= 11 is 0. The highest BCUT2D eigenvalue weighted by molar-refractivity contribution is 5.66. The average molecular weight is 300 g/mol. The minimum Gasteiger partial charge on any atom is -0.462 e. The summed E-state index contributed by atoms with van der Waals surface area (Å²) in [6.07, 6.45) is 14.1. The van der Waals surface area contributed by atoms with Crippen molar-refractivity contribution >= 4 is 5.97 Å². The van der Waals surface area contributed by atoms with Gasteiger partial charge in [-0.25, -0.2) is 0 Å². The van der Waals surface area contributed by atoms with E-state index in [0.29, 0.717) is 0 Å². The molecule has 0 amide bonds. The maximum Gasteiger partial charge on any atom is 0.302 e. The summed E-state index contributed by atoms with van der Waals surface area (Å²) in [5.41, 5.74) is 0. The molecule has 0 heterocycles. The summed E-state index contributed by atoms with van der Waals surface area (Å²) in [5, 5.41) is 9.53. The van der Waals surface area contributed by atoms with Gasteiger partial charge in [0.15, 0.2) is 0 Å². The minimum absolute atomic E-state index is 0.192. The van der Waals surface area contributed by atoms with Gasteiger partial charge in [-0.1, -0.05) is 43.4 Å². The molecule has 0 saturated heterocycles. The van der Waals surface area contributed by atoms with Crippen molar-refractivity contribution in [3.05, 3.63) is 36.5 Å². The third-order valence-corrected chi connectivity index (χ3v) is 2.51. The molecular formula is C19H24O3. The van der Waals surface area contributed by atoms with E-state index in [1.807, 2.05) is 18.2 Å². The molecule has 0 radical (unpaired) electrons. The van der Waals surface area contributed by atoms with Gasteiger partial charge in [-0.2, -0.15) is 0 Å². The molecule has 0 aliphatic rings. The van der Waals surface area contributed by atoms with Crippen LogP contribution in [0, 0.1) is 23.7 Å². The molecule has 0 aromatic carbocycles. The number of carbonyl (C=O) groups is 1. The Kier molecular flexibility index (Phi) is 13.6. The van der Waals surface area contributed by atoms with E-state index in [0.717, 1.165) is 25.7 Å². The Morgan fingerprint density at radius 2 is 1.86 bits per heavy atom. The Hall–Kier alpha value is -2.23. The number of allylic oxidation sites excluding steroid dienone is 5. The molecule has 22 heavy (non-hydrogen) atoms. The van der Waals surface area contributed by atoms with Crippen LogP contribution in [0.3, 0.4) is 0 Å². The van der Waals surface area contributed by atoms with Gasteiger partial charge >= 0.3 is 5.97 Å². The summed E-state index contributed by atoms with van der Waals surface area (Å²) in [6.45, 7) is 3.66. The van der Waals surface area contributed by atoms with Crippen LogP contribution in [-0.2, 0) is 9.53 Å². The number of ether oxygens (including phenoxy) is 1. The molecule has 0 aliphatic heterocycles. The van der Waals surface area contributed by atoms with Gasteiger partial charge in [-0.3, -0.25) is 4.79 Å². The molecule has 0 rings (SSSR count). The molecule has 0 unspecified atom stereocenters. The standard InChI is InChI=1S/C19H24O3/c1-3-15-19(21)16-13-11-9-7-5-4-6-8-10-12-14-17-22-18(2)20/h5,7,9,11-12,14,19,21H,3,13,15-17H2,1-2H3/b7-5+,11-9+,14-12+/t19-/m0/s1. The Balaban J connectivity index is 3.80. The molecule has 0 aromatic heterocycles. The first-order valence-corrected chi connectivity index (χ1v) is 7.46. The molecule has 3 heteroatoms. The Morgan fingerprint density at radius 1 is 1.14 bits per heavy atom. The van der Waals surface area contributed by atoms with E-state index >= 15 is 0 Å². The van der Waals surface area contributed by atoms with E-state index in [-0.39, 0.29) is 18.7 Å². The molecule has 0 fully saturated rings. The molecule has 1 atom stereocenters. The van der Waals surface area contributed by atoms with Crippen molar-refractivity contribution in [2.75, 3.05) is 6.61 Å². The quantitative estimate of drug-likeness (QED) is 0.425. The Bertz CT molecular complexity index is 504. The van der Waals surface area contributed by atoms with Crippen LogP contribution in [-0.4, -0.2) is 23.8 Å². The number of hydrogen-bond acceptors (Lipinski definition) is 3. The van der Waals surface area contributed by atoms with E-state index in [2.05, 4.69) is 30.6 Å². The van der Waals surface area contributed by atoms with Gasteiger partial charge in [0.05, 0.1) is 6.10 Å². The number of aliphatic hydroxyl groups excluding tert-OH is 1. The number of carbonyl (C=O) groups excluding carboxylic acids is 1. The zero-order valence-corrected chi connectivity index (χ0v) is 13.3. The van der Waals surface area contributed by atoms with E-state index in [9.17, 15) is 9.90 Å². The monoisotopic (exact) mass is 300 g/mol. The maximum absolute atomic E-state index is 10.5. The van der Waals surface area contributed by atoms with Crippen LogP contribution in [0.2, 0.25) is 0 Å². The largest absolute Gasteiger partial charge is 0.462 e. The lowest BCUT2D eigenvalue weighted by atomic mass is 10.1. The minimum atomic E-state index is -0.310. The smallest absolute Gasteiger partial charge is 0.302 e. The van der Waals surface area contributed by atoms with Crippen molar-refractivity contribution in [3.63, 3.8) is 0 Å². The highest BCUT2D eigenvalue weighted by Gasteiger charge is 1.98. The number of aliphatic hydroxyl groups is 1. The van der Waals surface area contributed by atoms with Gasteiger partial charge in [-0.15, -0.1) is 0 Å². The predicted octanol–water partition coefficient (Wildman–Crippen LogP) is 3.17. The van der Waals surface area contributed by atoms with Gasteiger partial charge in [0.2, 0.25) is 0 Å². The van der Waals surface area contributed by atoms with Gasteiger partial charge < -0.3 is 9.84 Å². The molecule has 0 aliphatic carbocycles. The van der Waals surface area contributed by atoms with Crippen LogP contribution in [0.15, 0.2) is 36.5 Å². The van der Waals surface area contributed by atoms with Crippen molar-refractivity contribution in [3.8, 4) is 23.7 Å². The molecule has 118 valence electrons. The molecule has 0 bridgehead atoms. The van der Waals surface area contributed by atoms with Gasteiger partial charge in [0.25, 0.3) is 0 Å². The SMILES string of the molecule is CCC[C@H](O)CC/C=C/C=C/C#CC#C/C=C/COC(C)=O. The molecular weight excluding hydrogens is 276 g/mol. The first-order valence-electron chi connectivity index (χ1n) is 7.46. The second kappa shape index (κ2) is 15.2. The number of esters is 1. The van der Waals surface area contributed by atoms with Gasteiger partial charge in [-0.05, 0) is 49.3 Å². The fourth-order valence-corrected chi connectivity index (χ4v) is 1.47. The topological polar surface area (TPSA) is 46.5 Å². The predicted molar refractivity (Wildman–Crippen MR) is 89.8 cm³/mol. The summed E-state index contributed by atoms with van der Waals surface area (Å²) in [6, 6.07) is 0. The lowest BCUT2D eigenvalue weighted by Gasteiger charge is -2.05. The first kappa shape index (κ1) is 19.8. The molecule has 1 N–H and O–H groups in total. The third-order valence-electron chi connectivity index (χ3n) is 2.51. The highest BCUT2D eigenvalue weighted by atomic mass is 16.5. The van der Waals surface area contributed by atoms with Crippen molar-refractivity contribution in [1.82, 2.24) is 0 Å². The molecule has 0 spiro atoms. The normalized spacial score (nSPS) is 12.0. The average Bonchev–Trinajstić information content (AvgIpc) is 2.47. The van der Waals surface area contributed by atoms with Crippen molar-refractivity contribution in [2.24, 2.45) is 0 Å². The molecule has 0 aromatic rings. The maximum atomic E-state index is 10.5. The van der Waals surface area contributed by atoms with Crippen molar-refractivity contribution < 1.29 is 14.6 Å². The van der Waals surface area contributed by atoms with E-state index in [1.165, 1.54) is 6.92 Å². The third kappa shape index (κ3) is 15.8. The molecule has 0 saturated carbocycles. The lowest BCUT2D eigenvalue weighted by Crippen LogP contribution is -2.04. The number of rotatable bonds is 8. The fraction of sp³-hybridized carbons (Fsp3) is 0.421. The molecule has 3 nitrogen and oxygen atoms in total. The van der Waals surface area contributed by atoms with Crippen molar-refractivity contribution in [2.45, 2.75) is 45.6 Å². The Labute approximate surface area is 133 Å². The van der Waals surface area contributed by atoms with Gasteiger partial charge in [0, 0.05) is 6.92 Å². The summed E-state index contributed by atoms with van der Waals surface area (Å²) in [5.74, 6) is 10.5. The van der Waals surface area contributed by atoms with Crippen LogP contribution >= 0.6 is 0 Å². The van der Waals surface area contributed by atoms with Crippen LogP contribution in [0.4, 0.5) is 0 Å². The first-order chi connectivity index (χ1) is 10.7. The van der Waals surface area contributed by atoms with Crippen LogP contribution in [0.1, 0.15) is 39.5 Å². The summed E-state index contributed by atoms with van der Waals surface area (Å²) in [4.78, 5) is 10.5. The summed E-state index contributed by atoms with van der Waals surface area (Å²) < 4.78 is 4.70. The van der Waals surface area contributed by atoms with Crippen molar-refractivity contribution in [1.29, 1.82) is 0 Å². The Morgan fingerprint density at radius 3 is 2.55 bits per heavy atom. The van der Waals surface area contributed by atoms with Crippen LogP contribution < -0.4 is 0 Å². The fourth-order valence-electron chi connectivity index (χ4n) is 1.47. The zero-order valence-electron chi connectivity index (χ0n) is 13.3. The lowest BCUT2D eigenvalue weighted by molar-refractivity contribution is -0.139. The van der Waals surface area contributed by atoms with E-state index in [1.54, 1.807) is 18.2 Å². The second-order valence-corrected chi connectivity index (χ2v) is 4.55. The van der Waals surface area contributed by atoms with E-state index < -0.39 is 0 Å². The second-order valence-electron chi connectivity index (χ2n) is 4.55. The van der Waals surface area contributed by atoms with Gasteiger partial charge in [0.1, 0.15) is 6.61 Å². The van der Waals surface area contributed by atoms with E-state index in [4.69, 9.17) is 4.74 Å². The summed E-state index contributed by atoms with van der Waals surface area (Å²) in [7, 11) is 0. The van der Waals surface area contributed by atoms with Crippen LogP contribution in [0.5, 0.6) is 0 Å². The van der Waals surface area contributed by atoms with Crippen LogP contribution in [0.25, 0.3) is 0 Å². The zero-order chi connectivity index (χ0) is 16.5. The number of hydrogen-bond donors (Lipinski definition) is 1. The highest BCUT2D eigenvalue weighted by Crippen LogP contribution is 2.04.